The minimum absolute atomic E-state index is 0.0629. The maximum atomic E-state index is 12.5. The van der Waals surface area contributed by atoms with Crippen LogP contribution >= 0.6 is 11.8 Å². The zero-order valence-electron chi connectivity index (χ0n) is 12.4. The van der Waals surface area contributed by atoms with Crippen LogP contribution in [0.5, 0.6) is 5.88 Å². The van der Waals surface area contributed by atoms with Crippen LogP contribution in [-0.4, -0.2) is 23.8 Å². The number of hydrogen-bond donors (Lipinski definition) is 1. The van der Waals surface area contributed by atoms with E-state index >= 15 is 0 Å². The monoisotopic (exact) mass is 314 g/mol. The molecule has 1 amide bonds. The second-order valence-electron chi connectivity index (χ2n) is 5.12. The summed E-state index contributed by atoms with van der Waals surface area (Å²) in [6.45, 7) is 0.483. The molecule has 0 spiro atoms. The molecule has 0 radical (unpaired) electrons. The fraction of sp³-hybridized carbons (Fsp3) is 0.294. The van der Waals surface area contributed by atoms with Gasteiger partial charge in [0.1, 0.15) is 5.25 Å². The van der Waals surface area contributed by atoms with Gasteiger partial charge in [0.2, 0.25) is 11.8 Å². The third kappa shape index (κ3) is 3.25. The summed E-state index contributed by atoms with van der Waals surface area (Å²) in [5, 5.41) is 2.90. The number of benzene rings is 1. The number of aryl methyl sites for hydroxylation is 1. The number of nitrogens with zero attached hydrogens (tertiary/aromatic N) is 1. The molecule has 1 N–H and O–H groups in total. The molecule has 1 atom stereocenters. The van der Waals surface area contributed by atoms with E-state index in [0.717, 1.165) is 23.3 Å². The Morgan fingerprint density at radius 2 is 2.27 bits per heavy atom. The number of hydrogen-bond acceptors (Lipinski definition) is 4. The summed E-state index contributed by atoms with van der Waals surface area (Å²) >= 11 is 1.71. The predicted octanol–water partition coefficient (Wildman–Crippen LogP) is 2.74. The molecular formula is C17H18N2O2S. The first-order chi connectivity index (χ1) is 10.8. The summed E-state index contributed by atoms with van der Waals surface area (Å²) in [7, 11) is 1.58. The van der Waals surface area contributed by atoms with Crippen molar-refractivity contribution in [3.8, 4) is 5.88 Å². The Kier molecular flexibility index (Phi) is 4.63. The first kappa shape index (κ1) is 14.9. The standard InChI is InChI=1S/C17H18N2O2S/c1-21-15-10-12(6-8-18-15)11-19-17(20)16-14-5-3-2-4-13(14)7-9-22-16/h2-6,8,10,16H,7,9,11H2,1H3,(H,19,20)/t16-/m1/s1. The Bertz CT molecular complexity index is 675. The number of pyridine rings is 1. The highest BCUT2D eigenvalue weighted by Crippen LogP contribution is 2.36. The smallest absolute Gasteiger partial charge is 0.237 e. The molecule has 114 valence electrons. The van der Waals surface area contributed by atoms with Gasteiger partial charge < -0.3 is 10.1 Å². The molecule has 5 heteroatoms. The third-order valence-corrected chi connectivity index (χ3v) is 4.95. The maximum Gasteiger partial charge on any atom is 0.237 e. The number of aromatic nitrogens is 1. The molecule has 0 fully saturated rings. The summed E-state index contributed by atoms with van der Waals surface area (Å²) in [6, 6.07) is 11.9. The van der Waals surface area contributed by atoms with E-state index < -0.39 is 0 Å². The molecule has 1 aromatic heterocycles. The van der Waals surface area contributed by atoms with E-state index in [-0.39, 0.29) is 11.2 Å². The predicted molar refractivity (Wildman–Crippen MR) is 88.0 cm³/mol. The number of carbonyl (C=O) groups is 1. The van der Waals surface area contributed by atoms with E-state index in [1.807, 2.05) is 24.3 Å². The van der Waals surface area contributed by atoms with Crippen molar-refractivity contribution in [2.45, 2.75) is 18.2 Å². The van der Waals surface area contributed by atoms with Crippen LogP contribution in [0.2, 0.25) is 0 Å². The number of nitrogens with one attached hydrogen (secondary N) is 1. The van der Waals surface area contributed by atoms with E-state index in [9.17, 15) is 4.79 Å². The molecule has 1 aliphatic heterocycles. The minimum Gasteiger partial charge on any atom is -0.481 e. The van der Waals surface area contributed by atoms with Gasteiger partial charge in [0.05, 0.1) is 7.11 Å². The molecule has 4 nitrogen and oxygen atoms in total. The quantitative estimate of drug-likeness (QED) is 0.943. The Morgan fingerprint density at radius 3 is 3.14 bits per heavy atom. The summed E-state index contributed by atoms with van der Waals surface area (Å²) in [6.07, 6.45) is 2.72. The van der Waals surface area contributed by atoms with E-state index in [0.29, 0.717) is 12.4 Å². The van der Waals surface area contributed by atoms with Gasteiger partial charge in [0.15, 0.2) is 0 Å². The molecule has 2 aromatic rings. The average Bonchev–Trinajstić information content (AvgIpc) is 2.59. The van der Waals surface area contributed by atoms with Crippen LogP contribution in [0.25, 0.3) is 0 Å². The fourth-order valence-electron chi connectivity index (χ4n) is 2.56. The van der Waals surface area contributed by atoms with Crippen molar-refractivity contribution in [3.63, 3.8) is 0 Å². The number of fused-ring (bicyclic) bond motifs is 1. The molecule has 2 heterocycles. The zero-order valence-corrected chi connectivity index (χ0v) is 13.2. The van der Waals surface area contributed by atoms with Crippen molar-refractivity contribution >= 4 is 17.7 Å². The normalized spacial score (nSPS) is 16.7. The first-order valence-corrected chi connectivity index (χ1v) is 8.29. The lowest BCUT2D eigenvalue weighted by molar-refractivity contribution is -0.120. The number of thioether (sulfide) groups is 1. The van der Waals surface area contributed by atoms with Crippen molar-refractivity contribution in [2.75, 3.05) is 12.9 Å². The van der Waals surface area contributed by atoms with Crippen molar-refractivity contribution in [2.24, 2.45) is 0 Å². The molecule has 0 bridgehead atoms. The van der Waals surface area contributed by atoms with Crippen molar-refractivity contribution in [1.29, 1.82) is 0 Å². The average molecular weight is 314 g/mol. The van der Waals surface area contributed by atoms with Gasteiger partial charge in [-0.25, -0.2) is 4.98 Å². The molecule has 0 unspecified atom stereocenters. The van der Waals surface area contributed by atoms with Crippen LogP contribution in [-0.2, 0) is 17.8 Å². The van der Waals surface area contributed by atoms with Crippen molar-refractivity contribution < 1.29 is 9.53 Å². The van der Waals surface area contributed by atoms with Crippen LogP contribution in [0, 0.1) is 0 Å². The lowest BCUT2D eigenvalue weighted by Gasteiger charge is -2.24. The largest absolute Gasteiger partial charge is 0.481 e. The van der Waals surface area contributed by atoms with Gasteiger partial charge in [0, 0.05) is 18.8 Å². The second-order valence-corrected chi connectivity index (χ2v) is 6.34. The summed E-state index contributed by atoms with van der Waals surface area (Å²) < 4.78 is 5.10. The number of methoxy groups -OCH3 is 1. The zero-order chi connectivity index (χ0) is 15.4. The van der Waals surface area contributed by atoms with E-state index in [1.165, 1.54) is 5.56 Å². The number of ether oxygens (including phenoxy) is 1. The van der Waals surface area contributed by atoms with E-state index in [2.05, 4.69) is 22.4 Å². The number of amides is 1. The van der Waals surface area contributed by atoms with Crippen LogP contribution in [0.3, 0.4) is 0 Å². The van der Waals surface area contributed by atoms with Gasteiger partial charge in [0.25, 0.3) is 0 Å². The number of rotatable bonds is 4. The van der Waals surface area contributed by atoms with Crippen molar-refractivity contribution in [1.82, 2.24) is 10.3 Å². The van der Waals surface area contributed by atoms with Crippen LogP contribution < -0.4 is 10.1 Å². The lowest BCUT2D eigenvalue weighted by atomic mass is 10.0. The van der Waals surface area contributed by atoms with Crippen molar-refractivity contribution in [3.05, 3.63) is 59.3 Å². The topological polar surface area (TPSA) is 51.2 Å². The van der Waals surface area contributed by atoms with Gasteiger partial charge in [-0.1, -0.05) is 24.3 Å². The van der Waals surface area contributed by atoms with E-state index in [4.69, 9.17) is 4.74 Å². The number of carbonyl (C=O) groups excluding carboxylic acids is 1. The summed E-state index contributed by atoms with van der Waals surface area (Å²) in [5.41, 5.74) is 3.41. The Morgan fingerprint density at radius 1 is 1.41 bits per heavy atom. The first-order valence-electron chi connectivity index (χ1n) is 7.24. The lowest BCUT2D eigenvalue weighted by Crippen LogP contribution is -2.29. The Balaban J connectivity index is 1.68. The van der Waals surface area contributed by atoms with Gasteiger partial charge in [-0.2, -0.15) is 0 Å². The van der Waals surface area contributed by atoms with Gasteiger partial charge >= 0.3 is 0 Å². The molecule has 1 aliphatic rings. The SMILES string of the molecule is COc1cc(CNC(=O)[C@@H]2SCCc3ccccc32)ccn1. The van der Waals surface area contributed by atoms with Crippen LogP contribution in [0.4, 0.5) is 0 Å². The molecule has 0 saturated heterocycles. The molecular weight excluding hydrogens is 296 g/mol. The molecule has 22 heavy (non-hydrogen) atoms. The minimum atomic E-state index is -0.117. The van der Waals surface area contributed by atoms with Gasteiger partial charge in [-0.3, -0.25) is 4.79 Å². The molecule has 0 aliphatic carbocycles. The third-order valence-electron chi connectivity index (χ3n) is 3.71. The highest BCUT2D eigenvalue weighted by Gasteiger charge is 2.26. The second kappa shape index (κ2) is 6.83. The van der Waals surface area contributed by atoms with E-state index in [1.54, 1.807) is 25.1 Å². The summed E-state index contributed by atoms with van der Waals surface area (Å²) in [5.74, 6) is 1.61. The molecule has 0 saturated carbocycles. The van der Waals surface area contributed by atoms with Crippen LogP contribution in [0.15, 0.2) is 42.6 Å². The Labute approximate surface area is 134 Å². The summed E-state index contributed by atoms with van der Waals surface area (Å²) in [4.78, 5) is 16.6. The van der Waals surface area contributed by atoms with Crippen LogP contribution in [0.1, 0.15) is 21.9 Å². The van der Waals surface area contributed by atoms with Gasteiger partial charge in [-0.05, 0) is 34.9 Å². The maximum absolute atomic E-state index is 12.5. The molecule has 3 rings (SSSR count). The highest BCUT2D eigenvalue weighted by atomic mass is 32.2. The molecule has 1 aromatic carbocycles. The fourth-order valence-corrected chi connectivity index (χ4v) is 3.78. The Hall–Kier alpha value is -2.01. The van der Waals surface area contributed by atoms with Gasteiger partial charge in [-0.15, -0.1) is 11.8 Å². The highest BCUT2D eigenvalue weighted by molar-refractivity contribution is 8.00.